The van der Waals surface area contributed by atoms with Gasteiger partial charge in [0.25, 0.3) is 5.91 Å². The molecule has 1 fully saturated rings. The molecule has 0 spiro atoms. The van der Waals surface area contributed by atoms with E-state index in [9.17, 15) is 14.0 Å². The first-order valence-electron chi connectivity index (χ1n) is 11.0. The number of anilines is 1. The van der Waals surface area contributed by atoms with Gasteiger partial charge in [0, 0.05) is 31.3 Å². The lowest BCUT2D eigenvalue weighted by atomic mass is 9.93. The number of halogens is 1. The largest absolute Gasteiger partial charge is 0.441 e. The fourth-order valence-electron chi connectivity index (χ4n) is 3.78. The topological polar surface area (TPSA) is 136 Å². The van der Waals surface area contributed by atoms with Gasteiger partial charge in [-0.3, -0.25) is 9.78 Å². The van der Waals surface area contributed by atoms with E-state index < -0.39 is 12.0 Å². The van der Waals surface area contributed by atoms with Gasteiger partial charge in [-0.1, -0.05) is 5.16 Å². The van der Waals surface area contributed by atoms with Crippen molar-refractivity contribution < 1.29 is 23.2 Å². The molecule has 0 unspecified atom stereocenters. The SMILES string of the molecule is NC(=O)c1cc(COC(=O)NCCC2CCN(c3cncc(-c4ccc(F)cc4)n3)CC2)on1. The first kappa shape index (κ1) is 23.1. The number of rotatable bonds is 8. The van der Waals surface area contributed by atoms with Gasteiger partial charge >= 0.3 is 6.09 Å². The molecule has 2 amide bonds. The minimum Gasteiger partial charge on any atom is -0.441 e. The van der Waals surface area contributed by atoms with E-state index in [1.807, 2.05) is 0 Å². The number of ether oxygens (including phenoxy) is 1. The zero-order valence-electron chi connectivity index (χ0n) is 18.4. The maximum atomic E-state index is 13.2. The van der Waals surface area contributed by atoms with Crippen LogP contribution in [0, 0.1) is 11.7 Å². The maximum absolute atomic E-state index is 13.2. The average molecular weight is 468 g/mol. The first-order chi connectivity index (χ1) is 16.5. The number of nitrogens with zero attached hydrogens (tertiary/aromatic N) is 4. The van der Waals surface area contributed by atoms with Gasteiger partial charge in [-0.05, 0) is 49.4 Å². The highest BCUT2D eigenvalue weighted by Gasteiger charge is 2.21. The van der Waals surface area contributed by atoms with E-state index >= 15 is 0 Å². The molecule has 2 aromatic heterocycles. The van der Waals surface area contributed by atoms with Gasteiger partial charge in [0.2, 0.25) is 0 Å². The summed E-state index contributed by atoms with van der Waals surface area (Å²) in [7, 11) is 0. The molecule has 3 N–H and O–H groups in total. The summed E-state index contributed by atoms with van der Waals surface area (Å²) in [4.78, 5) is 34.0. The van der Waals surface area contributed by atoms with E-state index in [2.05, 4.69) is 20.4 Å². The van der Waals surface area contributed by atoms with Crippen molar-refractivity contribution >= 4 is 17.8 Å². The fraction of sp³-hybridized carbons (Fsp3) is 0.348. The molecule has 3 heterocycles. The molecule has 0 bridgehead atoms. The van der Waals surface area contributed by atoms with Crippen molar-refractivity contribution in [2.45, 2.75) is 25.9 Å². The second kappa shape index (κ2) is 10.7. The van der Waals surface area contributed by atoms with Crippen molar-refractivity contribution in [2.24, 2.45) is 11.7 Å². The summed E-state index contributed by atoms with van der Waals surface area (Å²) in [5, 5.41) is 6.21. The monoisotopic (exact) mass is 468 g/mol. The summed E-state index contributed by atoms with van der Waals surface area (Å²) in [5.74, 6) is 0.512. The lowest BCUT2D eigenvalue weighted by Crippen LogP contribution is -2.35. The molecular weight excluding hydrogens is 443 g/mol. The number of nitrogens with two attached hydrogens (primary N) is 1. The van der Waals surface area contributed by atoms with Gasteiger partial charge in [-0.2, -0.15) is 0 Å². The number of primary amides is 1. The predicted octanol–water partition coefficient (Wildman–Crippen LogP) is 2.90. The Morgan fingerprint density at radius 1 is 1.21 bits per heavy atom. The Labute approximate surface area is 195 Å². The van der Waals surface area contributed by atoms with Gasteiger partial charge in [0.1, 0.15) is 11.6 Å². The number of benzene rings is 1. The second-order valence-electron chi connectivity index (χ2n) is 8.03. The number of aromatic nitrogens is 3. The van der Waals surface area contributed by atoms with Crippen LogP contribution in [0.1, 0.15) is 35.5 Å². The molecule has 11 heteroatoms. The summed E-state index contributed by atoms with van der Waals surface area (Å²) in [6, 6.07) is 7.54. The Bertz CT molecular complexity index is 1130. The van der Waals surface area contributed by atoms with Crippen LogP contribution in [0.3, 0.4) is 0 Å². The van der Waals surface area contributed by atoms with Crippen LogP contribution < -0.4 is 16.0 Å². The normalized spacial score (nSPS) is 14.1. The molecule has 0 saturated carbocycles. The lowest BCUT2D eigenvalue weighted by Gasteiger charge is -2.32. The van der Waals surface area contributed by atoms with Crippen LogP contribution in [-0.2, 0) is 11.3 Å². The molecular formula is C23H25FN6O4. The highest BCUT2D eigenvalue weighted by molar-refractivity contribution is 5.90. The molecule has 0 radical (unpaired) electrons. The van der Waals surface area contributed by atoms with Crippen molar-refractivity contribution in [1.29, 1.82) is 0 Å². The molecule has 1 aromatic carbocycles. The second-order valence-corrected chi connectivity index (χ2v) is 8.03. The molecule has 4 rings (SSSR count). The zero-order chi connectivity index (χ0) is 23.9. The van der Waals surface area contributed by atoms with Gasteiger partial charge in [0.15, 0.2) is 18.1 Å². The number of carbonyl (C=O) groups excluding carboxylic acids is 2. The Morgan fingerprint density at radius 3 is 2.68 bits per heavy atom. The van der Waals surface area contributed by atoms with Gasteiger partial charge in [-0.15, -0.1) is 0 Å². The molecule has 0 atom stereocenters. The van der Waals surface area contributed by atoms with E-state index in [0.717, 1.165) is 43.7 Å². The highest BCUT2D eigenvalue weighted by atomic mass is 19.1. The van der Waals surface area contributed by atoms with Crippen LogP contribution in [-0.4, -0.2) is 46.8 Å². The smallest absolute Gasteiger partial charge is 0.407 e. The zero-order valence-corrected chi connectivity index (χ0v) is 18.4. The van der Waals surface area contributed by atoms with Crippen LogP contribution in [0.25, 0.3) is 11.3 Å². The molecule has 178 valence electrons. The number of hydrogen-bond acceptors (Lipinski definition) is 8. The standard InChI is InChI=1S/C23H25FN6O4/c24-17-3-1-16(2-4-17)20-12-26-13-21(28-20)30-9-6-15(7-10-30)5-8-27-23(32)33-14-18-11-19(22(25)31)29-34-18/h1-4,11-13,15H,5-10,14H2,(H2,25,31)(H,27,32). The number of piperidine rings is 1. The molecule has 1 aliphatic heterocycles. The average Bonchev–Trinajstić information content (AvgIpc) is 3.33. The number of hydrogen-bond donors (Lipinski definition) is 2. The first-order valence-corrected chi connectivity index (χ1v) is 11.0. The van der Waals surface area contributed by atoms with E-state index in [0.29, 0.717) is 18.2 Å². The Kier molecular flexibility index (Phi) is 7.31. The quantitative estimate of drug-likeness (QED) is 0.515. The Morgan fingerprint density at radius 2 is 1.97 bits per heavy atom. The predicted molar refractivity (Wildman–Crippen MR) is 120 cm³/mol. The molecule has 0 aliphatic carbocycles. The van der Waals surface area contributed by atoms with Crippen LogP contribution >= 0.6 is 0 Å². The summed E-state index contributed by atoms with van der Waals surface area (Å²) in [6.07, 6.45) is 5.61. The van der Waals surface area contributed by atoms with Crippen LogP contribution in [0.15, 0.2) is 47.2 Å². The van der Waals surface area contributed by atoms with E-state index in [-0.39, 0.29) is 23.9 Å². The molecule has 3 aromatic rings. The summed E-state index contributed by atoms with van der Waals surface area (Å²) in [5.41, 5.74) is 6.61. The van der Waals surface area contributed by atoms with Crippen LogP contribution in [0.5, 0.6) is 0 Å². The number of amides is 2. The van der Waals surface area contributed by atoms with Gasteiger partial charge < -0.3 is 25.2 Å². The van der Waals surface area contributed by atoms with Crippen LogP contribution in [0.2, 0.25) is 0 Å². The van der Waals surface area contributed by atoms with Crippen molar-refractivity contribution in [3.05, 3.63) is 60.0 Å². The van der Waals surface area contributed by atoms with Crippen molar-refractivity contribution in [3.8, 4) is 11.3 Å². The fourth-order valence-corrected chi connectivity index (χ4v) is 3.78. The van der Waals surface area contributed by atoms with Gasteiger partial charge in [0.05, 0.1) is 18.1 Å². The minimum atomic E-state index is -0.710. The summed E-state index contributed by atoms with van der Waals surface area (Å²) >= 11 is 0. The van der Waals surface area contributed by atoms with E-state index in [1.165, 1.54) is 18.2 Å². The Balaban J connectivity index is 1.18. The minimum absolute atomic E-state index is 0.0153. The Hall–Kier alpha value is -4.02. The van der Waals surface area contributed by atoms with Crippen molar-refractivity contribution in [1.82, 2.24) is 20.4 Å². The summed E-state index contributed by atoms with van der Waals surface area (Å²) in [6.45, 7) is 2.03. The maximum Gasteiger partial charge on any atom is 0.407 e. The van der Waals surface area contributed by atoms with E-state index in [1.54, 1.807) is 24.5 Å². The molecule has 1 saturated heterocycles. The lowest BCUT2D eigenvalue weighted by molar-refractivity contribution is 0.0989. The number of alkyl carbamates (subject to hydrolysis) is 1. The third-order valence-electron chi connectivity index (χ3n) is 5.68. The molecule has 34 heavy (non-hydrogen) atoms. The molecule has 10 nitrogen and oxygen atoms in total. The van der Waals surface area contributed by atoms with Gasteiger partial charge in [-0.25, -0.2) is 14.2 Å². The third-order valence-corrected chi connectivity index (χ3v) is 5.68. The molecule has 1 aliphatic rings. The van der Waals surface area contributed by atoms with E-state index in [4.69, 9.17) is 20.0 Å². The van der Waals surface area contributed by atoms with Crippen LogP contribution in [0.4, 0.5) is 15.0 Å². The van der Waals surface area contributed by atoms with Crippen molar-refractivity contribution in [3.63, 3.8) is 0 Å². The highest BCUT2D eigenvalue weighted by Crippen LogP contribution is 2.25. The number of carbonyl (C=O) groups is 2. The summed E-state index contributed by atoms with van der Waals surface area (Å²) < 4.78 is 23.1. The van der Waals surface area contributed by atoms with Crippen molar-refractivity contribution in [2.75, 3.05) is 24.5 Å². The third kappa shape index (κ3) is 6.06. The number of nitrogens with one attached hydrogen (secondary N) is 1.